The van der Waals surface area contributed by atoms with Gasteiger partial charge in [0.15, 0.2) is 0 Å². The fraction of sp³-hybridized carbons (Fsp3) is 0.778. The first kappa shape index (κ1) is 12.9. The van der Waals surface area contributed by atoms with Crippen LogP contribution in [0.1, 0.15) is 26.7 Å². The average Bonchev–Trinajstić information content (AvgIpc) is 2.00. The van der Waals surface area contributed by atoms with Gasteiger partial charge in [-0.1, -0.05) is 0 Å². The van der Waals surface area contributed by atoms with Crippen molar-refractivity contribution in [1.82, 2.24) is 4.90 Å². The van der Waals surface area contributed by atoms with Crippen molar-refractivity contribution >= 4 is 11.9 Å². The lowest BCUT2D eigenvalue weighted by Crippen LogP contribution is -2.49. The molecule has 0 aliphatic heterocycles. The van der Waals surface area contributed by atoms with E-state index in [1.165, 1.54) is 4.90 Å². The van der Waals surface area contributed by atoms with E-state index in [4.69, 9.17) is 10.8 Å². The molecule has 0 aromatic heterocycles. The minimum Gasteiger partial charge on any atom is -0.481 e. The minimum atomic E-state index is -0.891. The molecule has 3 N–H and O–H groups in total. The topological polar surface area (TPSA) is 83.6 Å². The SMILES string of the molecule is CN(CCCC(=O)O)C(=O)C(C)(C)N. The third-order valence-corrected chi connectivity index (χ3v) is 1.78. The Bertz CT molecular complexity index is 221. The molecule has 0 aliphatic rings. The van der Waals surface area contributed by atoms with Crippen molar-refractivity contribution in [1.29, 1.82) is 0 Å². The molecule has 5 nitrogen and oxygen atoms in total. The largest absolute Gasteiger partial charge is 0.481 e. The molecule has 0 aromatic rings. The lowest BCUT2D eigenvalue weighted by Gasteiger charge is -2.25. The molecule has 0 aliphatic carbocycles. The summed E-state index contributed by atoms with van der Waals surface area (Å²) >= 11 is 0. The highest BCUT2D eigenvalue weighted by Gasteiger charge is 2.25. The van der Waals surface area contributed by atoms with Crippen molar-refractivity contribution in [3.05, 3.63) is 0 Å². The second-order valence-electron chi connectivity index (χ2n) is 3.95. The smallest absolute Gasteiger partial charge is 0.303 e. The highest BCUT2D eigenvalue weighted by atomic mass is 16.4. The molecule has 1 amide bonds. The van der Waals surface area contributed by atoms with Gasteiger partial charge in [-0.2, -0.15) is 0 Å². The van der Waals surface area contributed by atoms with Crippen LogP contribution in [-0.4, -0.2) is 41.0 Å². The van der Waals surface area contributed by atoms with Gasteiger partial charge in [0, 0.05) is 20.0 Å². The third kappa shape index (κ3) is 4.81. The van der Waals surface area contributed by atoms with Gasteiger partial charge in [-0.05, 0) is 20.3 Å². The molecule has 0 aromatic carbocycles. The van der Waals surface area contributed by atoms with Gasteiger partial charge in [-0.3, -0.25) is 9.59 Å². The zero-order chi connectivity index (χ0) is 11.4. The van der Waals surface area contributed by atoms with Crippen LogP contribution < -0.4 is 5.73 Å². The van der Waals surface area contributed by atoms with E-state index in [2.05, 4.69) is 0 Å². The van der Waals surface area contributed by atoms with E-state index in [1.54, 1.807) is 20.9 Å². The van der Waals surface area contributed by atoms with Crippen LogP contribution in [0.25, 0.3) is 0 Å². The summed E-state index contributed by atoms with van der Waals surface area (Å²) in [4.78, 5) is 23.2. The lowest BCUT2D eigenvalue weighted by molar-refractivity contribution is -0.138. The molecule has 0 spiro atoms. The average molecular weight is 202 g/mol. The fourth-order valence-corrected chi connectivity index (χ4v) is 1.06. The summed E-state index contributed by atoms with van der Waals surface area (Å²) < 4.78 is 0. The highest BCUT2D eigenvalue weighted by Crippen LogP contribution is 2.03. The number of carbonyl (C=O) groups is 2. The molecule has 0 heterocycles. The number of hydrogen-bond donors (Lipinski definition) is 2. The van der Waals surface area contributed by atoms with Gasteiger partial charge in [0.05, 0.1) is 5.54 Å². The van der Waals surface area contributed by atoms with E-state index in [-0.39, 0.29) is 12.3 Å². The predicted molar refractivity (Wildman–Crippen MR) is 52.8 cm³/mol. The molecular weight excluding hydrogens is 184 g/mol. The number of carbonyl (C=O) groups excluding carboxylic acids is 1. The summed E-state index contributed by atoms with van der Waals surface area (Å²) in [5.74, 6) is -1.03. The normalized spacial score (nSPS) is 11.1. The maximum Gasteiger partial charge on any atom is 0.303 e. The van der Waals surface area contributed by atoms with Crippen LogP contribution in [0.5, 0.6) is 0 Å². The number of aliphatic carboxylic acids is 1. The first-order valence-electron chi connectivity index (χ1n) is 4.51. The van der Waals surface area contributed by atoms with Gasteiger partial charge in [0.1, 0.15) is 0 Å². The molecule has 14 heavy (non-hydrogen) atoms. The van der Waals surface area contributed by atoms with E-state index >= 15 is 0 Å². The summed E-state index contributed by atoms with van der Waals surface area (Å²) in [5.41, 5.74) is 4.71. The first-order chi connectivity index (χ1) is 6.25. The zero-order valence-electron chi connectivity index (χ0n) is 8.91. The molecule has 0 rings (SSSR count). The molecule has 0 atom stereocenters. The van der Waals surface area contributed by atoms with Gasteiger partial charge in [0.2, 0.25) is 5.91 Å². The fourth-order valence-electron chi connectivity index (χ4n) is 1.06. The number of likely N-dealkylation sites (N-methyl/N-ethyl adjacent to an activating group) is 1. The van der Waals surface area contributed by atoms with Gasteiger partial charge in [-0.15, -0.1) is 0 Å². The standard InChI is InChI=1S/C9H18N2O3/c1-9(2,10)8(14)11(3)6-4-5-7(12)13/h4-6,10H2,1-3H3,(H,12,13). The molecule has 82 valence electrons. The van der Waals surface area contributed by atoms with Crippen LogP contribution >= 0.6 is 0 Å². The van der Waals surface area contributed by atoms with Crippen molar-refractivity contribution in [3.8, 4) is 0 Å². The van der Waals surface area contributed by atoms with Crippen LogP contribution in [0, 0.1) is 0 Å². The Morgan fingerprint density at radius 3 is 2.29 bits per heavy atom. The van der Waals surface area contributed by atoms with E-state index in [0.717, 1.165) is 0 Å². The maximum atomic E-state index is 11.5. The molecule has 0 saturated heterocycles. The maximum absolute atomic E-state index is 11.5. The van der Waals surface area contributed by atoms with Crippen LogP contribution in [-0.2, 0) is 9.59 Å². The summed E-state index contributed by atoms with van der Waals surface area (Å²) in [7, 11) is 1.62. The Kier molecular flexibility index (Phi) is 4.56. The second kappa shape index (κ2) is 4.95. The van der Waals surface area contributed by atoms with Crippen LogP contribution in [0.2, 0.25) is 0 Å². The van der Waals surface area contributed by atoms with E-state index < -0.39 is 11.5 Å². The van der Waals surface area contributed by atoms with E-state index in [0.29, 0.717) is 13.0 Å². The monoisotopic (exact) mass is 202 g/mol. The number of carboxylic acids is 1. The number of carboxylic acid groups (broad SMARTS) is 1. The summed E-state index contributed by atoms with van der Waals surface area (Å²) in [6.45, 7) is 3.68. The minimum absolute atomic E-state index is 0.0720. The predicted octanol–water partition coefficient (Wildman–Crippen LogP) is 0.0469. The molecule has 0 saturated carbocycles. The number of nitrogens with two attached hydrogens (primary N) is 1. The summed E-state index contributed by atoms with van der Waals surface area (Å²) in [5, 5.41) is 8.40. The van der Waals surface area contributed by atoms with Gasteiger partial charge < -0.3 is 15.7 Å². The number of nitrogens with zero attached hydrogens (tertiary/aromatic N) is 1. The van der Waals surface area contributed by atoms with Crippen molar-refractivity contribution < 1.29 is 14.7 Å². The van der Waals surface area contributed by atoms with Gasteiger partial charge in [0.25, 0.3) is 0 Å². The molecular formula is C9H18N2O3. The summed E-state index contributed by atoms with van der Waals surface area (Å²) in [6.07, 6.45) is 0.524. The Hall–Kier alpha value is -1.10. The van der Waals surface area contributed by atoms with E-state index in [9.17, 15) is 9.59 Å². The van der Waals surface area contributed by atoms with Crippen LogP contribution in [0.15, 0.2) is 0 Å². The number of amides is 1. The zero-order valence-corrected chi connectivity index (χ0v) is 8.91. The first-order valence-corrected chi connectivity index (χ1v) is 4.51. The highest BCUT2D eigenvalue weighted by molar-refractivity contribution is 5.84. The van der Waals surface area contributed by atoms with Crippen molar-refractivity contribution in [2.45, 2.75) is 32.2 Å². The van der Waals surface area contributed by atoms with Crippen LogP contribution in [0.4, 0.5) is 0 Å². The quantitative estimate of drug-likeness (QED) is 0.659. The van der Waals surface area contributed by atoms with Gasteiger partial charge in [-0.25, -0.2) is 0 Å². The van der Waals surface area contributed by atoms with Crippen LogP contribution in [0.3, 0.4) is 0 Å². The second-order valence-corrected chi connectivity index (χ2v) is 3.95. The molecule has 0 bridgehead atoms. The van der Waals surface area contributed by atoms with Crippen molar-refractivity contribution in [2.75, 3.05) is 13.6 Å². The molecule has 5 heteroatoms. The van der Waals surface area contributed by atoms with Gasteiger partial charge >= 0.3 is 5.97 Å². The van der Waals surface area contributed by atoms with Crippen molar-refractivity contribution in [2.24, 2.45) is 5.73 Å². The Morgan fingerprint density at radius 1 is 1.43 bits per heavy atom. The molecule has 0 radical (unpaired) electrons. The number of hydrogen-bond acceptors (Lipinski definition) is 3. The Labute approximate surface area is 83.9 Å². The number of rotatable bonds is 5. The molecule has 0 fully saturated rings. The van der Waals surface area contributed by atoms with E-state index in [1.807, 2.05) is 0 Å². The Morgan fingerprint density at radius 2 is 1.93 bits per heavy atom. The lowest BCUT2D eigenvalue weighted by atomic mass is 10.1. The third-order valence-electron chi connectivity index (χ3n) is 1.78. The molecule has 0 unspecified atom stereocenters. The Balaban J connectivity index is 3.91. The summed E-state index contributed by atoms with van der Waals surface area (Å²) in [6, 6.07) is 0. The van der Waals surface area contributed by atoms with Crippen molar-refractivity contribution in [3.63, 3.8) is 0 Å².